The molecular weight excluding hydrogens is 316 g/mol. The third kappa shape index (κ3) is 3.85. The highest BCUT2D eigenvalue weighted by Gasteiger charge is 2.27. The number of aryl methyl sites for hydroxylation is 2. The van der Waals surface area contributed by atoms with Crippen LogP contribution >= 0.6 is 0 Å². The Morgan fingerprint density at radius 1 is 1.36 bits per heavy atom. The topological polar surface area (TPSA) is 59.4 Å². The van der Waals surface area contributed by atoms with Crippen LogP contribution in [0.1, 0.15) is 29.3 Å². The highest BCUT2D eigenvalue weighted by molar-refractivity contribution is 5.77. The lowest BCUT2D eigenvalue weighted by atomic mass is 10.0. The minimum atomic E-state index is 0.0714. The van der Waals surface area contributed by atoms with Crippen LogP contribution in [-0.4, -0.2) is 47.3 Å². The molecule has 1 saturated heterocycles. The fraction of sp³-hybridized carbons (Fsp3) is 0.474. The molecule has 25 heavy (non-hydrogen) atoms. The molecule has 0 aliphatic carbocycles. The monoisotopic (exact) mass is 342 g/mol. The first kappa shape index (κ1) is 17.5. The number of ether oxygens (including phenoxy) is 1. The van der Waals surface area contributed by atoms with Crippen LogP contribution < -0.4 is 10.1 Å². The van der Waals surface area contributed by atoms with Crippen molar-refractivity contribution in [1.82, 2.24) is 20.0 Å². The van der Waals surface area contributed by atoms with Crippen molar-refractivity contribution in [3.63, 3.8) is 0 Å². The van der Waals surface area contributed by atoms with E-state index in [1.807, 2.05) is 54.0 Å². The van der Waals surface area contributed by atoms with Crippen molar-refractivity contribution in [2.24, 2.45) is 7.05 Å². The first-order valence-corrected chi connectivity index (χ1v) is 8.71. The Kier molecular flexibility index (Phi) is 5.38. The number of amides is 1. The van der Waals surface area contributed by atoms with Crippen LogP contribution in [0, 0.1) is 6.92 Å². The number of nitrogens with one attached hydrogen (secondary N) is 1. The lowest BCUT2D eigenvalue weighted by molar-refractivity contribution is -0.134. The van der Waals surface area contributed by atoms with Crippen molar-refractivity contribution in [2.75, 3.05) is 26.7 Å². The van der Waals surface area contributed by atoms with Crippen LogP contribution in [0.2, 0.25) is 0 Å². The molecule has 0 bridgehead atoms. The molecule has 2 heterocycles. The van der Waals surface area contributed by atoms with Crippen LogP contribution in [0.4, 0.5) is 0 Å². The van der Waals surface area contributed by atoms with Crippen LogP contribution in [0.15, 0.2) is 30.5 Å². The average molecular weight is 342 g/mol. The molecule has 0 spiro atoms. The third-order valence-corrected chi connectivity index (χ3v) is 5.01. The summed E-state index contributed by atoms with van der Waals surface area (Å²) in [5.74, 6) is 1.03. The standard InChI is InChI=1S/C19H26N4O2/c1-14-16(12-21-22(14)2)6-9-19(24)23-11-10-20-13-18(23)15-4-7-17(25-3)8-5-15/h4-5,7-8,12,18,20H,6,9-11,13H2,1-3H3/t18-/m0/s1. The molecule has 1 atom stereocenters. The van der Waals surface area contributed by atoms with Gasteiger partial charge >= 0.3 is 0 Å². The zero-order valence-electron chi connectivity index (χ0n) is 15.2. The summed E-state index contributed by atoms with van der Waals surface area (Å²) in [6, 6.07) is 8.06. The SMILES string of the molecule is COc1ccc([C@@H]2CNCCN2C(=O)CCc2cnn(C)c2C)cc1. The van der Waals surface area contributed by atoms with Gasteiger partial charge in [0, 0.05) is 38.8 Å². The van der Waals surface area contributed by atoms with E-state index in [4.69, 9.17) is 4.74 Å². The smallest absolute Gasteiger partial charge is 0.223 e. The summed E-state index contributed by atoms with van der Waals surface area (Å²) in [6.45, 7) is 4.40. The summed E-state index contributed by atoms with van der Waals surface area (Å²) in [6.07, 6.45) is 3.11. The van der Waals surface area contributed by atoms with Crippen molar-refractivity contribution in [2.45, 2.75) is 25.8 Å². The fourth-order valence-corrected chi connectivity index (χ4v) is 3.30. The highest BCUT2D eigenvalue weighted by Crippen LogP contribution is 2.25. The summed E-state index contributed by atoms with van der Waals surface area (Å²) in [4.78, 5) is 14.8. The van der Waals surface area contributed by atoms with Crippen LogP contribution in [0.3, 0.4) is 0 Å². The van der Waals surface area contributed by atoms with E-state index in [-0.39, 0.29) is 11.9 Å². The number of rotatable bonds is 5. The Labute approximate surface area is 148 Å². The third-order valence-electron chi connectivity index (χ3n) is 5.01. The van der Waals surface area contributed by atoms with E-state index >= 15 is 0 Å². The molecule has 1 N–H and O–H groups in total. The van der Waals surface area contributed by atoms with Gasteiger partial charge in [0.25, 0.3) is 0 Å². The molecule has 0 radical (unpaired) electrons. The number of aromatic nitrogens is 2. The molecule has 0 saturated carbocycles. The molecule has 1 amide bonds. The van der Waals surface area contributed by atoms with Gasteiger partial charge in [0.2, 0.25) is 5.91 Å². The lowest BCUT2D eigenvalue weighted by Gasteiger charge is -2.36. The molecule has 3 rings (SSSR count). The molecule has 2 aromatic rings. The predicted octanol–water partition coefficient (Wildman–Crippen LogP) is 1.84. The summed E-state index contributed by atoms with van der Waals surface area (Å²) in [5.41, 5.74) is 3.41. The van der Waals surface area contributed by atoms with Gasteiger partial charge in [-0.2, -0.15) is 5.10 Å². The summed E-state index contributed by atoms with van der Waals surface area (Å²) in [5, 5.41) is 7.65. The Morgan fingerprint density at radius 3 is 2.76 bits per heavy atom. The zero-order valence-corrected chi connectivity index (χ0v) is 15.2. The predicted molar refractivity (Wildman–Crippen MR) is 96.6 cm³/mol. The number of benzene rings is 1. The maximum Gasteiger partial charge on any atom is 0.223 e. The molecule has 6 nitrogen and oxygen atoms in total. The van der Waals surface area contributed by atoms with Crippen molar-refractivity contribution >= 4 is 5.91 Å². The van der Waals surface area contributed by atoms with E-state index < -0.39 is 0 Å². The van der Waals surface area contributed by atoms with Crippen molar-refractivity contribution < 1.29 is 9.53 Å². The normalized spacial score (nSPS) is 17.6. The number of hydrogen-bond acceptors (Lipinski definition) is 4. The summed E-state index contributed by atoms with van der Waals surface area (Å²) >= 11 is 0. The number of carbonyl (C=O) groups excluding carboxylic acids is 1. The van der Waals surface area contributed by atoms with Gasteiger partial charge < -0.3 is 15.0 Å². The number of nitrogens with zero attached hydrogens (tertiary/aromatic N) is 3. The molecule has 1 aromatic heterocycles. The van der Waals surface area contributed by atoms with Gasteiger partial charge in [-0.1, -0.05) is 12.1 Å². The Morgan fingerprint density at radius 2 is 2.12 bits per heavy atom. The fourth-order valence-electron chi connectivity index (χ4n) is 3.30. The second kappa shape index (κ2) is 7.70. The van der Waals surface area contributed by atoms with Crippen LogP contribution in [0.25, 0.3) is 0 Å². The molecule has 134 valence electrons. The lowest BCUT2D eigenvalue weighted by Crippen LogP contribution is -2.48. The number of piperazine rings is 1. The molecular formula is C19H26N4O2. The van der Waals surface area contributed by atoms with Gasteiger partial charge in [-0.3, -0.25) is 9.48 Å². The largest absolute Gasteiger partial charge is 0.497 e. The maximum absolute atomic E-state index is 12.8. The van der Waals surface area contributed by atoms with Crippen LogP contribution in [-0.2, 0) is 18.3 Å². The van der Waals surface area contributed by atoms with E-state index in [0.717, 1.165) is 48.6 Å². The van der Waals surface area contributed by atoms with E-state index in [2.05, 4.69) is 10.4 Å². The Balaban J connectivity index is 1.69. The van der Waals surface area contributed by atoms with Gasteiger partial charge in [0.1, 0.15) is 5.75 Å². The molecule has 1 fully saturated rings. The Hall–Kier alpha value is -2.34. The second-order valence-electron chi connectivity index (χ2n) is 6.46. The zero-order chi connectivity index (χ0) is 17.8. The minimum Gasteiger partial charge on any atom is -0.497 e. The van der Waals surface area contributed by atoms with E-state index in [9.17, 15) is 4.79 Å². The second-order valence-corrected chi connectivity index (χ2v) is 6.46. The van der Waals surface area contributed by atoms with E-state index in [1.54, 1.807) is 7.11 Å². The maximum atomic E-state index is 12.8. The first-order valence-electron chi connectivity index (χ1n) is 8.71. The quantitative estimate of drug-likeness (QED) is 0.901. The first-order chi connectivity index (χ1) is 12.1. The molecule has 6 heteroatoms. The van der Waals surface area contributed by atoms with Gasteiger partial charge in [-0.05, 0) is 36.6 Å². The van der Waals surface area contributed by atoms with Crippen molar-refractivity contribution in [3.05, 3.63) is 47.3 Å². The Bertz CT molecular complexity index is 724. The van der Waals surface area contributed by atoms with Crippen molar-refractivity contribution in [3.8, 4) is 5.75 Å². The summed E-state index contributed by atoms with van der Waals surface area (Å²) in [7, 11) is 3.59. The number of methoxy groups -OCH3 is 1. The molecule has 1 aliphatic heterocycles. The van der Waals surface area contributed by atoms with E-state index in [1.165, 1.54) is 0 Å². The van der Waals surface area contributed by atoms with E-state index in [0.29, 0.717) is 6.42 Å². The highest BCUT2D eigenvalue weighted by atomic mass is 16.5. The summed E-state index contributed by atoms with van der Waals surface area (Å²) < 4.78 is 7.08. The van der Waals surface area contributed by atoms with Gasteiger partial charge in [0.15, 0.2) is 0 Å². The van der Waals surface area contributed by atoms with Crippen LogP contribution in [0.5, 0.6) is 5.75 Å². The molecule has 1 aliphatic rings. The van der Waals surface area contributed by atoms with Gasteiger partial charge in [0.05, 0.1) is 19.3 Å². The van der Waals surface area contributed by atoms with Gasteiger partial charge in [-0.25, -0.2) is 0 Å². The number of hydrogen-bond donors (Lipinski definition) is 1. The minimum absolute atomic E-state index is 0.0714. The molecule has 1 aromatic carbocycles. The molecule has 0 unspecified atom stereocenters. The average Bonchev–Trinajstić information content (AvgIpc) is 2.98. The number of carbonyl (C=O) groups is 1. The van der Waals surface area contributed by atoms with Crippen molar-refractivity contribution in [1.29, 1.82) is 0 Å². The van der Waals surface area contributed by atoms with Gasteiger partial charge in [-0.15, -0.1) is 0 Å².